The highest BCUT2D eigenvalue weighted by Crippen LogP contribution is 2.28. The molecule has 1 aliphatic carbocycles. The van der Waals surface area contributed by atoms with Crippen LogP contribution >= 0.6 is 11.6 Å². The molecule has 1 aliphatic rings. The van der Waals surface area contributed by atoms with E-state index in [0.717, 1.165) is 0 Å². The van der Waals surface area contributed by atoms with E-state index in [2.05, 4.69) is 5.32 Å². The highest BCUT2D eigenvalue weighted by molar-refractivity contribution is 6.31. The molecule has 0 bridgehead atoms. The molecular weight excluding hydrogens is 250 g/mol. The zero-order chi connectivity index (χ0) is 13.1. The number of carbonyl (C=O) groups excluding carboxylic acids is 1. The molecule has 2 rings (SSSR count). The van der Waals surface area contributed by atoms with Crippen LogP contribution in [-0.4, -0.2) is 17.1 Å². The fourth-order valence-corrected chi connectivity index (χ4v) is 2.72. The molecule has 4 heteroatoms. The fourth-order valence-electron chi connectivity index (χ4n) is 2.55. The van der Waals surface area contributed by atoms with Crippen LogP contribution in [0.3, 0.4) is 0 Å². The van der Waals surface area contributed by atoms with E-state index in [1.54, 1.807) is 6.07 Å². The van der Waals surface area contributed by atoms with Crippen LogP contribution in [0.4, 0.5) is 0 Å². The summed E-state index contributed by atoms with van der Waals surface area (Å²) in [5.74, 6) is 0.264. The van der Waals surface area contributed by atoms with Gasteiger partial charge in [0.05, 0.1) is 5.56 Å². The van der Waals surface area contributed by atoms with Crippen molar-refractivity contribution in [1.29, 1.82) is 0 Å². The van der Waals surface area contributed by atoms with E-state index in [-0.39, 0.29) is 23.3 Å². The Bertz CT molecular complexity index is 441. The van der Waals surface area contributed by atoms with Gasteiger partial charge < -0.3 is 10.4 Å². The second-order valence-corrected chi connectivity index (χ2v) is 5.40. The van der Waals surface area contributed by atoms with Gasteiger partial charge in [-0.15, -0.1) is 0 Å². The van der Waals surface area contributed by atoms with Crippen molar-refractivity contribution in [2.24, 2.45) is 5.92 Å². The third-order valence-corrected chi connectivity index (χ3v) is 3.90. The number of phenols is 1. The lowest BCUT2D eigenvalue weighted by Crippen LogP contribution is -2.37. The minimum Gasteiger partial charge on any atom is -0.507 e. The Balaban J connectivity index is 2.04. The smallest absolute Gasteiger partial charge is 0.255 e. The molecule has 1 amide bonds. The van der Waals surface area contributed by atoms with E-state index in [1.165, 1.54) is 37.8 Å². The number of hydrogen-bond acceptors (Lipinski definition) is 2. The number of carbonyl (C=O) groups is 1. The van der Waals surface area contributed by atoms with Gasteiger partial charge in [0, 0.05) is 11.1 Å². The van der Waals surface area contributed by atoms with Crippen LogP contribution in [0.1, 0.15) is 43.0 Å². The van der Waals surface area contributed by atoms with Gasteiger partial charge >= 0.3 is 0 Å². The first kappa shape index (κ1) is 13.2. The standard InChI is InChI=1S/C14H18ClNO2/c1-9(10-4-2-3-5-10)16-14(18)12-8-11(15)6-7-13(12)17/h6-10,17H,2-5H2,1H3,(H,16,18). The predicted octanol–water partition coefficient (Wildman–Crippen LogP) is 3.35. The van der Waals surface area contributed by atoms with Gasteiger partial charge in [-0.3, -0.25) is 4.79 Å². The molecule has 0 aromatic heterocycles. The molecule has 0 spiro atoms. The quantitative estimate of drug-likeness (QED) is 0.882. The third-order valence-electron chi connectivity index (χ3n) is 3.67. The number of rotatable bonds is 3. The summed E-state index contributed by atoms with van der Waals surface area (Å²) in [4.78, 5) is 12.1. The number of halogens is 1. The largest absolute Gasteiger partial charge is 0.507 e. The molecule has 1 unspecified atom stereocenters. The van der Waals surface area contributed by atoms with Crippen molar-refractivity contribution in [2.45, 2.75) is 38.6 Å². The molecule has 98 valence electrons. The van der Waals surface area contributed by atoms with Crippen molar-refractivity contribution in [1.82, 2.24) is 5.32 Å². The van der Waals surface area contributed by atoms with Gasteiger partial charge in [0.2, 0.25) is 0 Å². The van der Waals surface area contributed by atoms with E-state index in [4.69, 9.17) is 11.6 Å². The van der Waals surface area contributed by atoms with Crippen LogP contribution in [0, 0.1) is 5.92 Å². The molecule has 1 fully saturated rings. The second-order valence-electron chi connectivity index (χ2n) is 4.97. The molecule has 2 N–H and O–H groups in total. The first-order valence-corrected chi connectivity index (χ1v) is 6.75. The summed E-state index contributed by atoms with van der Waals surface area (Å²) in [6.45, 7) is 2.02. The molecule has 3 nitrogen and oxygen atoms in total. The summed E-state index contributed by atoms with van der Waals surface area (Å²) in [6.07, 6.45) is 4.83. The summed E-state index contributed by atoms with van der Waals surface area (Å²) in [7, 11) is 0. The molecular formula is C14H18ClNO2. The molecule has 18 heavy (non-hydrogen) atoms. The molecule has 1 atom stereocenters. The zero-order valence-corrected chi connectivity index (χ0v) is 11.2. The first-order valence-electron chi connectivity index (χ1n) is 6.37. The number of nitrogens with one attached hydrogen (secondary N) is 1. The number of aromatic hydroxyl groups is 1. The molecule has 1 aromatic carbocycles. The monoisotopic (exact) mass is 267 g/mol. The van der Waals surface area contributed by atoms with Crippen molar-refractivity contribution < 1.29 is 9.90 Å². The van der Waals surface area contributed by atoms with Gasteiger partial charge in [0.1, 0.15) is 5.75 Å². The Labute approximate surface area is 112 Å². The number of phenolic OH excluding ortho intramolecular Hbond substituents is 1. The van der Waals surface area contributed by atoms with Gasteiger partial charge in [-0.05, 0) is 43.9 Å². The van der Waals surface area contributed by atoms with E-state index >= 15 is 0 Å². The molecule has 0 saturated heterocycles. The Morgan fingerprint density at radius 2 is 2.11 bits per heavy atom. The minimum absolute atomic E-state index is 0.0319. The Morgan fingerprint density at radius 1 is 1.44 bits per heavy atom. The van der Waals surface area contributed by atoms with E-state index < -0.39 is 0 Å². The SMILES string of the molecule is CC(NC(=O)c1cc(Cl)ccc1O)C1CCCC1. The van der Waals surface area contributed by atoms with Crippen LogP contribution in [0.2, 0.25) is 5.02 Å². The average molecular weight is 268 g/mol. The molecule has 1 aromatic rings. The van der Waals surface area contributed by atoms with E-state index in [0.29, 0.717) is 10.9 Å². The maximum atomic E-state index is 12.1. The summed E-state index contributed by atoms with van der Waals surface area (Å²) in [5, 5.41) is 13.1. The number of benzene rings is 1. The Morgan fingerprint density at radius 3 is 2.78 bits per heavy atom. The van der Waals surface area contributed by atoms with Gasteiger partial charge in [0.25, 0.3) is 5.91 Å². The van der Waals surface area contributed by atoms with Gasteiger partial charge in [-0.2, -0.15) is 0 Å². The lowest BCUT2D eigenvalue weighted by atomic mass is 9.99. The zero-order valence-electron chi connectivity index (χ0n) is 10.4. The third kappa shape index (κ3) is 2.96. The van der Waals surface area contributed by atoms with Crippen LogP contribution in [0.15, 0.2) is 18.2 Å². The molecule has 0 radical (unpaired) electrons. The van der Waals surface area contributed by atoms with Crippen LogP contribution in [0.5, 0.6) is 5.75 Å². The maximum Gasteiger partial charge on any atom is 0.255 e. The summed E-state index contributed by atoms with van der Waals surface area (Å²) >= 11 is 5.83. The van der Waals surface area contributed by atoms with Gasteiger partial charge in [-0.25, -0.2) is 0 Å². The van der Waals surface area contributed by atoms with Crippen LogP contribution in [0.25, 0.3) is 0 Å². The average Bonchev–Trinajstić information content (AvgIpc) is 2.85. The predicted molar refractivity (Wildman–Crippen MR) is 72.0 cm³/mol. The number of hydrogen-bond donors (Lipinski definition) is 2. The lowest BCUT2D eigenvalue weighted by Gasteiger charge is -2.20. The van der Waals surface area contributed by atoms with Crippen molar-refractivity contribution in [2.75, 3.05) is 0 Å². The van der Waals surface area contributed by atoms with Gasteiger partial charge in [0.15, 0.2) is 0 Å². The molecule has 1 saturated carbocycles. The van der Waals surface area contributed by atoms with Crippen molar-refractivity contribution >= 4 is 17.5 Å². The highest BCUT2D eigenvalue weighted by atomic mass is 35.5. The Hall–Kier alpha value is -1.22. The topological polar surface area (TPSA) is 49.3 Å². The summed E-state index contributed by atoms with van der Waals surface area (Å²) in [6, 6.07) is 4.64. The van der Waals surface area contributed by atoms with Crippen LogP contribution in [-0.2, 0) is 0 Å². The van der Waals surface area contributed by atoms with Crippen molar-refractivity contribution in [3.05, 3.63) is 28.8 Å². The van der Waals surface area contributed by atoms with Crippen LogP contribution < -0.4 is 5.32 Å². The number of amides is 1. The molecule has 0 aliphatic heterocycles. The second kappa shape index (κ2) is 5.61. The van der Waals surface area contributed by atoms with Crippen molar-refractivity contribution in [3.63, 3.8) is 0 Å². The van der Waals surface area contributed by atoms with Crippen molar-refractivity contribution in [3.8, 4) is 5.75 Å². The summed E-state index contributed by atoms with van der Waals surface area (Å²) in [5.41, 5.74) is 0.243. The first-order chi connectivity index (χ1) is 8.58. The normalized spacial score (nSPS) is 17.7. The maximum absolute atomic E-state index is 12.1. The fraction of sp³-hybridized carbons (Fsp3) is 0.500. The van der Waals surface area contributed by atoms with E-state index in [1.807, 2.05) is 6.92 Å². The minimum atomic E-state index is -0.255. The Kier molecular flexibility index (Phi) is 4.12. The van der Waals surface area contributed by atoms with E-state index in [9.17, 15) is 9.90 Å². The lowest BCUT2D eigenvalue weighted by molar-refractivity contribution is 0.0924. The highest BCUT2D eigenvalue weighted by Gasteiger charge is 2.23. The molecule has 0 heterocycles. The summed E-state index contributed by atoms with van der Waals surface area (Å²) < 4.78 is 0. The van der Waals surface area contributed by atoms with Gasteiger partial charge in [-0.1, -0.05) is 24.4 Å².